The summed E-state index contributed by atoms with van der Waals surface area (Å²) in [5.74, 6) is 1.89. The number of hydrogen-bond acceptors (Lipinski definition) is 1. The van der Waals surface area contributed by atoms with Crippen LogP contribution in [0.3, 0.4) is 0 Å². The highest BCUT2D eigenvalue weighted by Gasteiger charge is 2.26. The second kappa shape index (κ2) is 5.34. The van der Waals surface area contributed by atoms with E-state index in [1.165, 1.54) is 58.0 Å². The molecule has 1 heterocycles. The Morgan fingerprint density at radius 3 is 2.27 bits per heavy atom. The van der Waals surface area contributed by atoms with E-state index in [0.717, 1.165) is 17.9 Å². The van der Waals surface area contributed by atoms with E-state index in [9.17, 15) is 0 Å². The van der Waals surface area contributed by atoms with Gasteiger partial charge in [-0.1, -0.05) is 26.7 Å². The van der Waals surface area contributed by atoms with Crippen LogP contribution in [0.15, 0.2) is 0 Å². The smallest absolute Gasteiger partial charge is 0.00952 e. The van der Waals surface area contributed by atoms with E-state index >= 15 is 0 Å². The number of rotatable bonds is 2. The Morgan fingerprint density at radius 1 is 0.867 bits per heavy atom. The molecule has 0 amide bonds. The third-order valence-corrected chi connectivity index (χ3v) is 4.59. The molecule has 2 fully saturated rings. The lowest BCUT2D eigenvalue weighted by molar-refractivity contribution is 0.201. The molecule has 1 aliphatic carbocycles. The highest BCUT2D eigenvalue weighted by atomic mass is 15.2. The molecular formula is C14H27N. The summed E-state index contributed by atoms with van der Waals surface area (Å²) in [4.78, 5) is 2.80. The van der Waals surface area contributed by atoms with Gasteiger partial charge in [0.2, 0.25) is 0 Å². The van der Waals surface area contributed by atoms with Crippen LogP contribution in [-0.4, -0.2) is 24.0 Å². The molecule has 1 saturated heterocycles. The van der Waals surface area contributed by atoms with Crippen LogP contribution < -0.4 is 0 Å². The molecule has 1 nitrogen and oxygen atoms in total. The fourth-order valence-electron chi connectivity index (χ4n) is 3.45. The van der Waals surface area contributed by atoms with Gasteiger partial charge >= 0.3 is 0 Å². The summed E-state index contributed by atoms with van der Waals surface area (Å²) in [5, 5.41) is 0. The third kappa shape index (κ3) is 2.96. The van der Waals surface area contributed by atoms with Crippen LogP contribution in [0.25, 0.3) is 0 Å². The molecule has 2 rings (SSSR count). The Labute approximate surface area is 95.2 Å². The van der Waals surface area contributed by atoms with Crippen LogP contribution in [0.1, 0.15) is 58.8 Å². The lowest BCUT2D eigenvalue weighted by Gasteiger charge is -2.27. The highest BCUT2D eigenvalue weighted by Crippen LogP contribution is 2.29. The first-order valence-electron chi connectivity index (χ1n) is 7.01. The molecule has 0 aromatic carbocycles. The zero-order valence-corrected chi connectivity index (χ0v) is 10.5. The molecule has 0 aromatic rings. The lowest BCUT2D eigenvalue weighted by atomic mass is 9.89. The van der Waals surface area contributed by atoms with Crippen molar-refractivity contribution in [1.29, 1.82) is 0 Å². The molecular weight excluding hydrogens is 182 g/mol. The van der Waals surface area contributed by atoms with Gasteiger partial charge in [-0.25, -0.2) is 0 Å². The molecule has 2 aliphatic rings. The van der Waals surface area contributed by atoms with E-state index in [0.29, 0.717) is 0 Å². The standard InChI is InChI=1S/C14H27N/c1-12(2)13-6-5-10-15(11-9-13)14-7-3-4-8-14/h12-14H,3-11H2,1-2H3. The Balaban J connectivity index is 1.83. The first-order chi connectivity index (χ1) is 7.27. The predicted molar refractivity (Wildman–Crippen MR) is 66.0 cm³/mol. The van der Waals surface area contributed by atoms with Crippen molar-refractivity contribution >= 4 is 0 Å². The molecule has 1 aliphatic heterocycles. The van der Waals surface area contributed by atoms with Gasteiger partial charge in [0.05, 0.1) is 0 Å². The van der Waals surface area contributed by atoms with Crippen molar-refractivity contribution in [3.05, 3.63) is 0 Å². The molecule has 0 spiro atoms. The molecule has 0 N–H and O–H groups in total. The molecule has 0 bridgehead atoms. The van der Waals surface area contributed by atoms with Gasteiger partial charge in [-0.05, 0) is 57.0 Å². The first kappa shape index (κ1) is 11.4. The van der Waals surface area contributed by atoms with Crippen molar-refractivity contribution in [1.82, 2.24) is 4.90 Å². The summed E-state index contributed by atoms with van der Waals surface area (Å²) >= 11 is 0. The largest absolute Gasteiger partial charge is 0.300 e. The zero-order valence-electron chi connectivity index (χ0n) is 10.5. The first-order valence-corrected chi connectivity index (χ1v) is 7.01. The monoisotopic (exact) mass is 209 g/mol. The number of nitrogens with zero attached hydrogens (tertiary/aromatic N) is 1. The maximum Gasteiger partial charge on any atom is 0.00952 e. The summed E-state index contributed by atoms with van der Waals surface area (Å²) in [5.41, 5.74) is 0. The zero-order chi connectivity index (χ0) is 10.7. The van der Waals surface area contributed by atoms with Crippen molar-refractivity contribution in [2.45, 2.75) is 64.8 Å². The van der Waals surface area contributed by atoms with Gasteiger partial charge in [0.15, 0.2) is 0 Å². The summed E-state index contributed by atoms with van der Waals surface area (Å²) in [7, 11) is 0. The molecule has 1 saturated carbocycles. The Kier molecular flexibility index (Phi) is 4.07. The average molecular weight is 209 g/mol. The van der Waals surface area contributed by atoms with E-state index < -0.39 is 0 Å². The normalized spacial score (nSPS) is 31.0. The molecule has 0 radical (unpaired) electrons. The molecule has 88 valence electrons. The number of hydrogen-bond donors (Lipinski definition) is 0. The minimum absolute atomic E-state index is 0.897. The number of likely N-dealkylation sites (tertiary alicyclic amines) is 1. The Hall–Kier alpha value is -0.0400. The summed E-state index contributed by atoms with van der Waals surface area (Å²) in [6.45, 7) is 7.56. The van der Waals surface area contributed by atoms with Gasteiger partial charge < -0.3 is 4.90 Å². The molecule has 1 heteroatoms. The summed E-state index contributed by atoms with van der Waals surface area (Å²) in [6.07, 6.45) is 10.3. The van der Waals surface area contributed by atoms with Gasteiger partial charge in [0.25, 0.3) is 0 Å². The summed E-state index contributed by atoms with van der Waals surface area (Å²) < 4.78 is 0. The van der Waals surface area contributed by atoms with Crippen LogP contribution in [0.5, 0.6) is 0 Å². The van der Waals surface area contributed by atoms with E-state index in [1.54, 1.807) is 0 Å². The molecule has 1 unspecified atom stereocenters. The molecule has 1 atom stereocenters. The maximum atomic E-state index is 2.80. The molecule has 15 heavy (non-hydrogen) atoms. The summed E-state index contributed by atoms with van der Waals surface area (Å²) in [6, 6.07) is 0.955. The van der Waals surface area contributed by atoms with Crippen LogP contribution in [0.4, 0.5) is 0 Å². The SMILES string of the molecule is CC(C)C1CCCN(C2CCCC2)CC1. The fraction of sp³-hybridized carbons (Fsp3) is 1.00. The van der Waals surface area contributed by atoms with E-state index in [-0.39, 0.29) is 0 Å². The molecule has 0 aromatic heterocycles. The van der Waals surface area contributed by atoms with Crippen LogP contribution in [0.2, 0.25) is 0 Å². The Morgan fingerprint density at radius 2 is 1.60 bits per heavy atom. The van der Waals surface area contributed by atoms with Gasteiger partial charge in [0, 0.05) is 6.04 Å². The van der Waals surface area contributed by atoms with E-state index in [2.05, 4.69) is 18.7 Å². The minimum Gasteiger partial charge on any atom is -0.300 e. The minimum atomic E-state index is 0.897. The van der Waals surface area contributed by atoms with Gasteiger partial charge in [-0.3, -0.25) is 0 Å². The predicted octanol–water partition coefficient (Wildman–Crippen LogP) is 3.69. The van der Waals surface area contributed by atoms with Crippen molar-refractivity contribution in [2.75, 3.05) is 13.1 Å². The van der Waals surface area contributed by atoms with Crippen molar-refractivity contribution in [3.8, 4) is 0 Å². The van der Waals surface area contributed by atoms with Crippen LogP contribution >= 0.6 is 0 Å². The van der Waals surface area contributed by atoms with E-state index in [1.807, 2.05) is 0 Å². The van der Waals surface area contributed by atoms with Gasteiger partial charge in [-0.15, -0.1) is 0 Å². The highest BCUT2D eigenvalue weighted by molar-refractivity contribution is 4.80. The van der Waals surface area contributed by atoms with Gasteiger partial charge in [0.1, 0.15) is 0 Å². The van der Waals surface area contributed by atoms with Crippen molar-refractivity contribution in [3.63, 3.8) is 0 Å². The second-order valence-electron chi connectivity index (χ2n) is 5.91. The quantitative estimate of drug-likeness (QED) is 0.670. The third-order valence-electron chi connectivity index (χ3n) is 4.59. The second-order valence-corrected chi connectivity index (χ2v) is 5.91. The lowest BCUT2D eigenvalue weighted by Crippen LogP contribution is -2.34. The maximum absolute atomic E-state index is 2.80. The Bertz CT molecular complexity index is 182. The topological polar surface area (TPSA) is 3.24 Å². The van der Waals surface area contributed by atoms with Crippen LogP contribution in [-0.2, 0) is 0 Å². The average Bonchev–Trinajstić information content (AvgIpc) is 2.62. The van der Waals surface area contributed by atoms with Crippen molar-refractivity contribution < 1.29 is 0 Å². The van der Waals surface area contributed by atoms with Crippen molar-refractivity contribution in [2.24, 2.45) is 11.8 Å². The van der Waals surface area contributed by atoms with Crippen LogP contribution in [0, 0.1) is 11.8 Å². The van der Waals surface area contributed by atoms with E-state index in [4.69, 9.17) is 0 Å². The fourth-order valence-corrected chi connectivity index (χ4v) is 3.45. The van der Waals surface area contributed by atoms with Gasteiger partial charge in [-0.2, -0.15) is 0 Å².